The lowest BCUT2D eigenvalue weighted by molar-refractivity contribution is -0.220. The van der Waals surface area contributed by atoms with Crippen LogP contribution < -0.4 is 0 Å². The third-order valence-corrected chi connectivity index (χ3v) is 12.9. The third kappa shape index (κ3) is 31.8. The Morgan fingerprint density at radius 1 is 0.524 bits per heavy atom. The average molecular weight is 919 g/mol. The topological polar surface area (TPSA) is 210 Å². The molecule has 1 rings (SSSR count). The molecule has 1 aliphatic rings. The molecular formula is C49H91O13P. The van der Waals surface area contributed by atoms with Gasteiger partial charge in [0, 0.05) is 12.5 Å². The van der Waals surface area contributed by atoms with E-state index in [-0.39, 0.29) is 6.42 Å². The highest BCUT2D eigenvalue weighted by Crippen LogP contribution is 2.47. The van der Waals surface area contributed by atoms with Crippen LogP contribution in [0.1, 0.15) is 219 Å². The van der Waals surface area contributed by atoms with E-state index in [1.54, 1.807) is 6.08 Å². The predicted molar refractivity (Wildman–Crippen MR) is 249 cm³/mol. The maximum absolute atomic E-state index is 12.8. The van der Waals surface area contributed by atoms with Crippen LogP contribution >= 0.6 is 7.82 Å². The first kappa shape index (κ1) is 59.3. The number of carbonyl (C=O) groups excluding carboxylic acids is 2. The summed E-state index contributed by atoms with van der Waals surface area (Å²) in [6, 6.07) is 0. The Hall–Kier alpha value is -1.67. The van der Waals surface area contributed by atoms with Crippen molar-refractivity contribution in [1.29, 1.82) is 0 Å². The number of esters is 2. The molecule has 1 aliphatic carbocycles. The molecule has 1 fully saturated rings. The van der Waals surface area contributed by atoms with Crippen LogP contribution in [0.3, 0.4) is 0 Å². The molecule has 370 valence electrons. The monoisotopic (exact) mass is 919 g/mol. The summed E-state index contributed by atoms with van der Waals surface area (Å²) in [5.41, 5.74) is 0. The van der Waals surface area contributed by atoms with Crippen molar-refractivity contribution >= 4 is 19.8 Å². The molecule has 6 N–H and O–H groups in total. The maximum atomic E-state index is 12.8. The minimum atomic E-state index is -5.14. The number of rotatable bonds is 42. The van der Waals surface area contributed by atoms with Gasteiger partial charge in [0.1, 0.15) is 43.2 Å². The standard InChI is InChI=1S/C49H91O13P/c1-3-5-7-9-11-13-15-17-19-20-21-22-24-25-27-29-31-33-35-37-42(50)59-39-41(40-60-63(57,58)62-49-47(55)45(53)44(52)46(54)48(49)56)61-43(51)38-36-34-32-30-28-26-23-18-16-14-12-10-8-6-4-2/h32,34,36,38,41,44-49,52-56H,3-31,33,35,37,39-40H2,1-2H3,(H,57,58)/b34-32+,38-36+/t41-,44?,45-,46?,47?,48?,49?/m0/s1. The van der Waals surface area contributed by atoms with Gasteiger partial charge in [-0.2, -0.15) is 0 Å². The summed E-state index contributed by atoms with van der Waals surface area (Å²) < 4.78 is 33.4. The highest BCUT2D eigenvalue weighted by atomic mass is 31.2. The number of carbonyl (C=O) groups is 2. The molecule has 6 unspecified atom stereocenters. The van der Waals surface area contributed by atoms with Crippen molar-refractivity contribution < 1.29 is 63.1 Å². The lowest BCUT2D eigenvalue weighted by atomic mass is 9.85. The van der Waals surface area contributed by atoms with Gasteiger partial charge in [0.15, 0.2) is 6.10 Å². The number of allylic oxidation sites excluding steroid dienone is 3. The van der Waals surface area contributed by atoms with Gasteiger partial charge in [-0.05, 0) is 19.3 Å². The molecule has 0 bridgehead atoms. The van der Waals surface area contributed by atoms with Gasteiger partial charge < -0.3 is 39.9 Å². The Morgan fingerprint density at radius 2 is 0.905 bits per heavy atom. The smallest absolute Gasteiger partial charge is 0.462 e. The summed E-state index contributed by atoms with van der Waals surface area (Å²) in [6.07, 6.45) is 31.5. The number of unbranched alkanes of at least 4 members (excludes halogenated alkanes) is 29. The van der Waals surface area contributed by atoms with Crippen molar-refractivity contribution in [2.45, 2.75) is 262 Å². The Labute approximate surface area is 381 Å². The van der Waals surface area contributed by atoms with Gasteiger partial charge in [-0.3, -0.25) is 13.8 Å². The molecule has 13 nitrogen and oxygen atoms in total. The van der Waals surface area contributed by atoms with E-state index >= 15 is 0 Å². The Kier molecular flexibility index (Phi) is 37.2. The first-order chi connectivity index (χ1) is 30.4. The largest absolute Gasteiger partial charge is 0.472 e. The summed E-state index contributed by atoms with van der Waals surface area (Å²) >= 11 is 0. The van der Waals surface area contributed by atoms with Crippen molar-refractivity contribution in [3.63, 3.8) is 0 Å². The zero-order valence-corrected chi connectivity index (χ0v) is 40.3. The number of ether oxygens (including phenoxy) is 2. The summed E-state index contributed by atoms with van der Waals surface area (Å²) in [5.74, 6) is -1.34. The molecule has 63 heavy (non-hydrogen) atoms. The lowest BCUT2D eigenvalue weighted by Gasteiger charge is -2.41. The third-order valence-electron chi connectivity index (χ3n) is 11.9. The van der Waals surface area contributed by atoms with E-state index < -0.39 is 75.7 Å². The first-order valence-corrected chi connectivity index (χ1v) is 26.7. The highest BCUT2D eigenvalue weighted by molar-refractivity contribution is 7.47. The maximum Gasteiger partial charge on any atom is 0.472 e. The molecule has 0 aromatic heterocycles. The average Bonchev–Trinajstić information content (AvgIpc) is 3.26. The molecule has 8 atom stereocenters. The second kappa shape index (κ2) is 39.5. The van der Waals surface area contributed by atoms with Gasteiger partial charge in [-0.1, -0.05) is 212 Å². The molecule has 0 amide bonds. The van der Waals surface area contributed by atoms with Gasteiger partial charge in [-0.15, -0.1) is 0 Å². The number of phosphoric ester groups is 1. The van der Waals surface area contributed by atoms with Crippen LogP contribution in [-0.4, -0.2) is 98.3 Å². The van der Waals surface area contributed by atoms with Gasteiger partial charge in [0.25, 0.3) is 0 Å². The number of hydrogen-bond donors (Lipinski definition) is 6. The molecule has 0 radical (unpaired) electrons. The zero-order valence-electron chi connectivity index (χ0n) is 39.4. The summed E-state index contributed by atoms with van der Waals surface area (Å²) in [5, 5.41) is 50.2. The van der Waals surface area contributed by atoms with E-state index in [9.17, 15) is 44.6 Å². The number of phosphoric acid groups is 1. The summed E-state index contributed by atoms with van der Waals surface area (Å²) in [6.45, 7) is 3.23. The first-order valence-electron chi connectivity index (χ1n) is 25.2. The number of aliphatic hydroxyl groups excluding tert-OH is 5. The summed E-state index contributed by atoms with van der Waals surface area (Å²) in [7, 11) is -5.14. The molecule has 14 heteroatoms. The van der Waals surface area contributed by atoms with Crippen LogP contribution in [-0.2, 0) is 32.7 Å². The van der Waals surface area contributed by atoms with E-state index in [2.05, 4.69) is 13.8 Å². The van der Waals surface area contributed by atoms with Gasteiger partial charge in [0.2, 0.25) is 0 Å². The molecule has 0 aliphatic heterocycles. The van der Waals surface area contributed by atoms with Crippen LogP contribution in [0.4, 0.5) is 0 Å². The van der Waals surface area contributed by atoms with E-state index in [1.165, 1.54) is 166 Å². The van der Waals surface area contributed by atoms with Gasteiger partial charge >= 0.3 is 19.8 Å². The normalized spacial score (nSPS) is 21.8. The van der Waals surface area contributed by atoms with Crippen LogP contribution in [0.5, 0.6) is 0 Å². The van der Waals surface area contributed by atoms with Crippen molar-refractivity contribution in [1.82, 2.24) is 0 Å². The molecule has 0 heterocycles. The van der Waals surface area contributed by atoms with Crippen molar-refractivity contribution in [2.75, 3.05) is 13.2 Å². The van der Waals surface area contributed by atoms with Crippen LogP contribution in [0.25, 0.3) is 0 Å². The fraction of sp³-hybridized carbons (Fsp3) is 0.878. The summed E-state index contributed by atoms with van der Waals surface area (Å²) in [4.78, 5) is 35.6. The molecule has 0 saturated heterocycles. The molecule has 0 spiro atoms. The highest BCUT2D eigenvalue weighted by Gasteiger charge is 2.51. The van der Waals surface area contributed by atoms with Crippen LogP contribution in [0, 0.1) is 0 Å². The lowest BCUT2D eigenvalue weighted by Crippen LogP contribution is -2.64. The quantitative estimate of drug-likeness (QED) is 0.0111. The minimum Gasteiger partial charge on any atom is -0.462 e. The van der Waals surface area contributed by atoms with E-state index in [0.717, 1.165) is 38.5 Å². The predicted octanol–water partition coefficient (Wildman–Crippen LogP) is 10.4. The fourth-order valence-electron chi connectivity index (χ4n) is 7.84. The SMILES string of the molecule is CCCCCCCCCCCCC/C=C/C=C/C(=O)O[C@@H](COC(=O)CCCCCCCCCCCCCCCCCCCCC)COP(=O)(O)OC1C(O)C(O)C(O)[C@H](O)C1O. The van der Waals surface area contributed by atoms with E-state index in [4.69, 9.17) is 18.5 Å². The Bertz CT molecular complexity index is 1200. The van der Waals surface area contributed by atoms with Crippen molar-refractivity contribution in [3.8, 4) is 0 Å². The number of aliphatic hydroxyl groups is 5. The molecule has 0 aromatic carbocycles. The zero-order chi connectivity index (χ0) is 46.4. The second-order valence-electron chi connectivity index (χ2n) is 17.8. The minimum absolute atomic E-state index is 0.153. The van der Waals surface area contributed by atoms with Crippen LogP contribution in [0.15, 0.2) is 24.3 Å². The second-order valence-corrected chi connectivity index (χ2v) is 19.2. The fourth-order valence-corrected chi connectivity index (χ4v) is 8.82. The number of hydrogen-bond acceptors (Lipinski definition) is 12. The van der Waals surface area contributed by atoms with Crippen molar-refractivity contribution in [2.24, 2.45) is 0 Å². The molecular weight excluding hydrogens is 828 g/mol. The Balaban J connectivity index is 2.43. The van der Waals surface area contributed by atoms with Crippen LogP contribution in [0.2, 0.25) is 0 Å². The molecule has 1 saturated carbocycles. The van der Waals surface area contributed by atoms with E-state index in [0.29, 0.717) is 6.42 Å². The Morgan fingerprint density at radius 3 is 1.33 bits per heavy atom. The molecule has 0 aromatic rings. The van der Waals surface area contributed by atoms with Gasteiger partial charge in [-0.25, -0.2) is 9.36 Å². The van der Waals surface area contributed by atoms with E-state index in [1.807, 2.05) is 6.08 Å². The van der Waals surface area contributed by atoms with Crippen molar-refractivity contribution in [3.05, 3.63) is 24.3 Å². The van der Waals surface area contributed by atoms with Gasteiger partial charge in [0.05, 0.1) is 6.61 Å².